The summed E-state index contributed by atoms with van der Waals surface area (Å²) < 4.78 is 17.1. The molecule has 8 nitrogen and oxygen atoms in total. The van der Waals surface area contributed by atoms with E-state index in [0.717, 1.165) is 4.68 Å². The highest BCUT2D eigenvalue weighted by molar-refractivity contribution is 6.02. The quantitative estimate of drug-likeness (QED) is 0.503. The molecule has 0 spiro atoms. The normalized spacial score (nSPS) is 10.6. The molecule has 162 valence electrons. The van der Waals surface area contributed by atoms with E-state index in [-0.39, 0.29) is 11.4 Å². The van der Waals surface area contributed by atoms with Crippen molar-refractivity contribution in [2.24, 2.45) is 0 Å². The smallest absolute Gasteiger partial charge is 0.280 e. The van der Waals surface area contributed by atoms with Gasteiger partial charge in [-0.1, -0.05) is 24.3 Å². The Balaban J connectivity index is 1.90. The highest BCUT2D eigenvalue weighted by Crippen LogP contribution is 2.31. The van der Waals surface area contributed by atoms with Gasteiger partial charge in [-0.2, -0.15) is 4.68 Å². The van der Waals surface area contributed by atoms with E-state index in [1.54, 1.807) is 66.7 Å². The van der Waals surface area contributed by atoms with Crippen molar-refractivity contribution < 1.29 is 19.0 Å². The Bertz CT molecular complexity index is 1360. The number of nitrogens with zero attached hydrogens (tertiary/aromatic N) is 2. The first-order chi connectivity index (χ1) is 15.6. The Kier molecular flexibility index (Phi) is 5.76. The van der Waals surface area contributed by atoms with E-state index in [9.17, 15) is 9.59 Å². The van der Waals surface area contributed by atoms with Gasteiger partial charge < -0.3 is 14.2 Å². The van der Waals surface area contributed by atoms with Crippen LogP contribution < -0.4 is 25.2 Å². The van der Waals surface area contributed by atoms with Crippen LogP contribution in [0.2, 0.25) is 0 Å². The molecule has 0 saturated heterocycles. The summed E-state index contributed by atoms with van der Waals surface area (Å²) in [5.74, 6) is 1.12. The van der Waals surface area contributed by atoms with Gasteiger partial charge in [0, 0.05) is 5.56 Å². The fourth-order valence-corrected chi connectivity index (χ4v) is 3.40. The van der Waals surface area contributed by atoms with E-state index in [4.69, 9.17) is 14.2 Å². The van der Waals surface area contributed by atoms with Gasteiger partial charge in [-0.15, -0.1) is 0 Å². The number of amides is 1. The zero-order valence-corrected chi connectivity index (χ0v) is 17.8. The molecule has 0 fully saturated rings. The van der Waals surface area contributed by atoms with Crippen LogP contribution in [0.25, 0.3) is 22.3 Å². The molecule has 0 aliphatic rings. The van der Waals surface area contributed by atoms with Gasteiger partial charge >= 0.3 is 0 Å². The maximum absolute atomic E-state index is 13.3. The van der Waals surface area contributed by atoms with Crippen LogP contribution in [0, 0.1) is 0 Å². The number of hydrogen-bond acceptors (Lipinski definition) is 6. The third-order valence-electron chi connectivity index (χ3n) is 4.98. The van der Waals surface area contributed by atoms with Crippen molar-refractivity contribution in [3.05, 3.63) is 82.6 Å². The molecular weight excluding hydrogens is 410 g/mol. The summed E-state index contributed by atoms with van der Waals surface area (Å²) in [5.41, 5.74) is 3.62. The minimum Gasteiger partial charge on any atom is -0.496 e. The van der Waals surface area contributed by atoms with Crippen molar-refractivity contribution in [2.45, 2.75) is 0 Å². The predicted molar refractivity (Wildman–Crippen MR) is 121 cm³/mol. The number of fused-ring (bicyclic) bond motifs is 1. The number of benzene rings is 3. The number of carbonyl (C=O) groups excluding carboxylic acids is 1. The van der Waals surface area contributed by atoms with E-state index >= 15 is 0 Å². The number of hydrogen-bond donors (Lipinski definition) is 1. The molecule has 4 aromatic rings. The van der Waals surface area contributed by atoms with Crippen molar-refractivity contribution in [1.82, 2.24) is 9.66 Å². The van der Waals surface area contributed by atoms with Crippen LogP contribution in [0.5, 0.6) is 17.2 Å². The van der Waals surface area contributed by atoms with Gasteiger partial charge in [0.25, 0.3) is 11.5 Å². The second-order valence-electron chi connectivity index (χ2n) is 6.80. The lowest BCUT2D eigenvalue weighted by Gasteiger charge is -2.16. The Labute approximate surface area is 184 Å². The first-order valence-electron chi connectivity index (χ1n) is 9.76. The minimum atomic E-state index is -0.511. The van der Waals surface area contributed by atoms with Crippen molar-refractivity contribution in [2.75, 3.05) is 26.8 Å². The topological polar surface area (TPSA) is 91.7 Å². The van der Waals surface area contributed by atoms with E-state index in [0.29, 0.717) is 33.7 Å². The predicted octanol–water partition coefficient (Wildman–Crippen LogP) is 3.47. The zero-order chi connectivity index (χ0) is 22.7. The number of methoxy groups -OCH3 is 3. The molecule has 1 amide bonds. The summed E-state index contributed by atoms with van der Waals surface area (Å²) in [6, 6.07) is 18.9. The fourth-order valence-electron chi connectivity index (χ4n) is 3.40. The SMILES string of the molecule is COc1ccc(-c2nc3ccccc3c(=O)n2NC(=O)c2ccccc2OC)cc1OC. The molecule has 1 N–H and O–H groups in total. The number of ether oxygens (including phenoxy) is 3. The summed E-state index contributed by atoms with van der Waals surface area (Å²) in [5, 5.41) is 0.372. The van der Waals surface area contributed by atoms with Crippen LogP contribution in [0.15, 0.2) is 71.5 Å². The van der Waals surface area contributed by atoms with Crippen LogP contribution in [-0.2, 0) is 0 Å². The monoisotopic (exact) mass is 431 g/mol. The molecule has 0 aliphatic heterocycles. The number of rotatable bonds is 6. The van der Waals surface area contributed by atoms with Crippen LogP contribution in [0.4, 0.5) is 0 Å². The number of carbonyl (C=O) groups is 1. The summed E-state index contributed by atoms with van der Waals surface area (Å²) >= 11 is 0. The maximum Gasteiger partial charge on any atom is 0.280 e. The molecule has 0 radical (unpaired) electrons. The lowest BCUT2D eigenvalue weighted by atomic mass is 10.1. The van der Waals surface area contributed by atoms with Gasteiger partial charge in [-0.3, -0.25) is 15.0 Å². The number of nitrogens with one attached hydrogen (secondary N) is 1. The van der Waals surface area contributed by atoms with Gasteiger partial charge in [0.15, 0.2) is 17.3 Å². The molecule has 0 bridgehead atoms. The van der Waals surface area contributed by atoms with Crippen LogP contribution in [-0.4, -0.2) is 36.9 Å². The lowest BCUT2D eigenvalue weighted by Crippen LogP contribution is -2.35. The van der Waals surface area contributed by atoms with Crippen molar-refractivity contribution in [1.29, 1.82) is 0 Å². The molecule has 8 heteroatoms. The van der Waals surface area contributed by atoms with Crippen LogP contribution in [0.1, 0.15) is 10.4 Å². The third kappa shape index (κ3) is 3.74. The molecule has 0 saturated carbocycles. The molecule has 1 aromatic heterocycles. The summed E-state index contributed by atoms with van der Waals surface area (Å²) in [7, 11) is 4.53. The van der Waals surface area contributed by atoms with Crippen LogP contribution >= 0.6 is 0 Å². The fraction of sp³-hybridized carbons (Fsp3) is 0.125. The first-order valence-corrected chi connectivity index (χ1v) is 9.76. The van der Waals surface area contributed by atoms with Gasteiger partial charge in [-0.25, -0.2) is 4.98 Å². The molecule has 0 atom stereocenters. The Morgan fingerprint density at radius 2 is 1.53 bits per heavy atom. The van der Waals surface area contributed by atoms with Crippen molar-refractivity contribution in [3.8, 4) is 28.6 Å². The average Bonchev–Trinajstić information content (AvgIpc) is 2.85. The van der Waals surface area contributed by atoms with Gasteiger partial charge in [0.2, 0.25) is 0 Å². The zero-order valence-electron chi connectivity index (χ0n) is 17.8. The second-order valence-corrected chi connectivity index (χ2v) is 6.80. The molecule has 0 aliphatic carbocycles. The highest BCUT2D eigenvalue weighted by Gasteiger charge is 2.19. The first kappa shape index (κ1) is 20.9. The van der Waals surface area contributed by atoms with Crippen LogP contribution in [0.3, 0.4) is 0 Å². The highest BCUT2D eigenvalue weighted by atomic mass is 16.5. The Morgan fingerprint density at radius 3 is 2.28 bits per heavy atom. The Hall–Kier alpha value is -4.33. The lowest BCUT2D eigenvalue weighted by molar-refractivity contribution is 0.100. The van der Waals surface area contributed by atoms with E-state index in [1.807, 2.05) is 0 Å². The van der Waals surface area contributed by atoms with E-state index < -0.39 is 11.5 Å². The van der Waals surface area contributed by atoms with E-state index in [1.165, 1.54) is 21.3 Å². The van der Waals surface area contributed by atoms with Gasteiger partial charge in [0.1, 0.15) is 5.75 Å². The van der Waals surface area contributed by atoms with Gasteiger partial charge in [0.05, 0.1) is 37.8 Å². The minimum absolute atomic E-state index is 0.248. The number of para-hydroxylation sites is 2. The molecule has 0 unspecified atom stereocenters. The molecule has 32 heavy (non-hydrogen) atoms. The second kappa shape index (κ2) is 8.81. The standard InChI is InChI=1S/C24H21N3O5/c1-30-19-11-7-5-9-17(19)23(28)26-27-22(15-12-13-20(31-2)21(14-15)32-3)25-18-10-6-4-8-16(18)24(27)29/h4-14H,1-3H3,(H,26,28). The van der Waals surface area contributed by atoms with Crippen molar-refractivity contribution >= 4 is 16.8 Å². The molecular formula is C24H21N3O5. The van der Waals surface area contributed by atoms with E-state index in [2.05, 4.69) is 10.4 Å². The average molecular weight is 431 g/mol. The maximum atomic E-state index is 13.3. The summed E-state index contributed by atoms with van der Waals surface area (Å²) in [6.45, 7) is 0. The molecule has 1 heterocycles. The Morgan fingerprint density at radius 1 is 0.844 bits per heavy atom. The van der Waals surface area contributed by atoms with Crippen molar-refractivity contribution in [3.63, 3.8) is 0 Å². The summed E-state index contributed by atoms with van der Waals surface area (Å²) in [6.07, 6.45) is 0. The third-order valence-corrected chi connectivity index (χ3v) is 4.98. The molecule has 4 rings (SSSR count). The van der Waals surface area contributed by atoms with Gasteiger partial charge in [-0.05, 0) is 42.5 Å². The molecule has 3 aromatic carbocycles. The summed E-state index contributed by atoms with van der Waals surface area (Å²) in [4.78, 5) is 31.1. The largest absolute Gasteiger partial charge is 0.496 e. The number of aromatic nitrogens is 2.